The van der Waals surface area contributed by atoms with Crippen molar-refractivity contribution in [3.8, 4) is 17.0 Å². The van der Waals surface area contributed by atoms with Crippen LogP contribution in [0.1, 0.15) is 28.9 Å². The molecule has 1 unspecified atom stereocenters. The quantitative estimate of drug-likeness (QED) is 0.701. The summed E-state index contributed by atoms with van der Waals surface area (Å²) in [5.74, 6) is -1.18. The Morgan fingerprint density at radius 2 is 1.88 bits per heavy atom. The smallest absolute Gasteiger partial charge is 0.166 e. The van der Waals surface area contributed by atoms with E-state index in [9.17, 15) is 13.6 Å². The second-order valence-electron chi connectivity index (χ2n) is 5.60. The Kier molecular flexibility index (Phi) is 4.88. The lowest BCUT2D eigenvalue weighted by Gasteiger charge is -2.18. The van der Waals surface area contributed by atoms with Crippen LogP contribution in [0, 0.1) is 11.6 Å². The highest BCUT2D eigenvalue weighted by Crippen LogP contribution is 2.31. The van der Waals surface area contributed by atoms with Gasteiger partial charge in [0.25, 0.3) is 0 Å². The maximum absolute atomic E-state index is 13.9. The Morgan fingerprint density at radius 1 is 1.15 bits per heavy atom. The molecule has 0 bridgehead atoms. The first kappa shape index (κ1) is 17.5. The van der Waals surface area contributed by atoms with Crippen molar-refractivity contribution in [2.75, 3.05) is 5.73 Å². The predicted octanol–water partition coefficient (Wildman–Crippen LogP) is 3.96. The number of hydrogen-bond acceptors (Lipinski definition) is 5. The van der Waals surface area contributed by atoms with Crippen LogP contribution >= 0.6 is 0 Å². The summed E-state index contributed by atoms with van der Waals surface area (Å²) in [5, 5.41) is 0. The molecule has 0 fully saturated rings. The van der Waals surface area contributed by atoms with Gasteiger partial charge in [0.05, 0.1) is 11.3 Å². The van der Waals surface area contributed by atoms with Gasteiger partial charge in [-0.2, -0.15) is 0 Å². The molecule has 0 aliphatic rings. The SMILES string of the molecule is CC(Oc1cc(-c2cc(C=O)ccn2)cnc1N)c1c(F)cccc1F. The highest BCUT2D eigenvalue weighted by Gasteiger charge is 2.19. The molecule has 26 heavy (non-hydrogen) atoms. The summed E-state index contributed by atoms with van der Waals surface area (Å²) in [6.07, 6.45) is 2.75. The number of nitrogens with two attached hydrogens (primary N) is 1. The molecule has 2 N–H and O–H groups in total. The number of aromatic nitrogens is 2. The zero-order valence-electron chi connectivity index (χ0n) is 13.8. The number of nitrogens with zero attached hydrogens (tertiary/aromatic N) is 2. The van der Waals surface area contributed by atoms with E-state index in [2.05, 4.69) is 9.97 Å². The number of rotatable bonds is 5. The number of carbonyl (C=O) groups excluding carboxylic acids is 1. The third-order valence-corrected chi connectivity index (χ3v) is 3.81. The Bertz CT molecular complexity index is 943. The van der Waals surface area contributed by atoms with Crippen LogP contribution in [0.3, 0.4) is 0 Å². The van der Waals surface area contributed by atoms with E-state index in [1.54, 1.807) is 18.2 Å². The number of carbonyl (C=O) groups is 1. The van der Waals surface area contributed by atoms with E-state index < -0.39 is 17.7 Å². The number of pyridine rings is 2. The van der Waals surface area contributed by atoms with Gasteiger partial charge in [-0.05, 0) is 37.3 Å². The number of hydrogen-bond donors (Lipinski definition) is 1. The Hall–Kier alpha value is -3.35. The van der Waals surface area contributed by atoms with E-state index in [-0.39, 0.29) is 17.1 Å². The van der Waals surface area contributed by atoms with Crippen molar-refractivity contribution in [3.63, 3.8) is 0 Å². The van der Waals surface area contributed by atoms with Crippen molar-refractivity contribution < 1.29 is 18.3 Å². The maximum Gasteiger partial charge on any atom is 0.166 e. The third-order valence-electron chi connectivity index (χ3n) is 3.81. The highest BCUT2D eigenvalue weighted by atomic mass is 19.1. The van der Waals surface area contributed by atoms with Gasteiger partial charge in [-0.1, -0.05) is 6.07 Å². The molecule has 0 saturated carbocycles. The van der Waals surface area contributed by atoms with Gasteiger partial charge in [-0.15, -0.1) is 0 Å². The Labute approximate surface area is 148 Å². The van der Waals surface area contributed by atoms with Crippen molar-refractivity contribution in [2.45, 2.75) is 13.0 Å². The van der Waals surface area contributed by atoms with Crippen LogP contribution in [0.15, 0.2) is 48.8 Å². The fourth-order valence-corrected chi connectivity index (χ4v) is 2.52. The summed E-state index contributed by atoms with van der Waals surface area (Å²) in [5.41, 5.74) is 7.14. The molecule has 1 aromatic carbocycles. The summed E-state index contributed by atoms with van der Waals surface area (Å²) in [4.78, 5) is 19.1. The van der Waals surface area contributed by atoms with Gasteiger partial charge in [0.1, 0.15) is 24.0 Å². The van der Waals surface area contributed by atoms with E-state index in [4.69, 9.17) is 10.5 Å². The summed E-state index contributed by atoms with van der Waals surface area (Å²) in [6, 6.07) is 8.32. The minimum absolute atomic E-state index is 0.0730. The van der Waals surface area contributed by atoms with Gasteiger partial charge < -0.3 is 10.5 Å². The van der Waals surface area contributed by atoms with Crippen molar-refractivity contribution >= 4 is 12.1 Å². The molecule has 0 radical (unpaired) electrons. The van der Waals surface area contributed by atoms with Crippen molar-refractivity contribution in [3.05, 3.63) is 71.6 Å². The largest absolute Gasteiger partial charge is 0.482 e. The second-order valence-corrected chi connectivity index (χ2v) is 5.60. The van der Waals surface area contributed by atoms with Crippen LogP contribution in [0.2, 0.25) is 0 Å². The molecular weight excluding hydrogens is 340 g/mol. The van der Waals surface area contributed by atoms with Gasteiger partial charge in [0, 0.05) is 23.5 Å². The minimum Gasteiger partial charge on any atom is -0.482 e. The standard InChI is InChI=1S/C19H15F2N3O2/c1-11(18-14(20)3-2-4-15(18)21)26-17-8-13(9-24-19(17)22)16-7-12(10-25)5-6-23-16/h2-11H,1H3,(H2,22,24). The average Bonchev–Trinajstić information content (AvgIpc) is 2.63. The van der Waals surface area contributed by atoms with E-state index in [0.717, 1.165) is 12.1 Å². The van der Waals surface area contributed by atoms with Crippen LogP contribution in [0.5, 0.6) is 5.75 Å². The van der Waals surface area contributed by atoms with E-state index in [1.807, 2.05) is 0 Å². The van der Waals surface area contributed by atoms with E-state index in [0.29, 0.717) is 23.1 Å². The monoisotopic (exact) mass is 355 g/mol. The number of ether oxygens (including phenoxy) is 1. The molecule has 2 heterocycles. The molecule has 0 amide bonds. The van der Waals surface area contributed by atoms with Crippen molar-refractivity contribution in [2.24, 2.45) is 0 Å². The molecule has 3 aromatic rings. The van der Waals surface area contributed by atoms with Crippen molar-refractivity contribution in [1.82, 2.24) is 9.97 Å². The molecule has 1 atom stereocenters. The summed E-state index contributed by atoms with van der Waals surface area (Å²) >= 11 is 0. The molecule has 7 heteroatoms. The number of nitrogen functional groups attached to an aromatic ring is 1. The topological polar surface area (TPSA) is 78.1 Å². The Morgan fingerprint density at radius 3 is 2.58 bits per heavy atom. The molecule has 0 spiro atoms. The molecular formula is C19H15F2N3O2. The highest BCUT2D eigenvalue weighted by molar-refractivity contribution is 5.77. The van der Waals surface area contributed by atoms with Gasteiger partial charge in [-0.25, -0.2) is 13.8 Å². The lowest BCUT2D eigenvalue weighted by atomic mass is 10.1. The molecule has 132 valence electrons. The maximum atomic E-state index is 13.9. The van der Waals surface area contributed by atoms with Crippen LogP contribution in [-0.2, 0) is 0 Å². The lowest BCUT2D eigenvalue weighted by Crippen LogP contribution is -2.10. The van der Waals surface area contributed by atoms with E-state index in [1.165, 1.54) is 25.4 Å². The summed E-state index contributed by atoms with van der Waals surface area (Å²) in [6.45, 7) is 1.51. The molecule has 3 rings (SSSR count). The van der Waals surface area contributed by atoms with E-state index >= 15 is 0 Å². The second kappa shape index (κ2) is 7.26. The fraction of sp³-hybridized carbons (Fsp3) is 0.105. The first-order valence-corrected chi connectivity index (χ1v) is 7.77. The normalized spacial score (nSPS) is 11.8. The van der Waals surface area contributed by atoms with Gasteiger partial charge >= 0.3 is 0 Å². The average molecular weight is 355 g/mol. The zero-order chi connectivity index (χ0) is 18.7. The molecule has 5 nitrogen and oxygen atoms in total. The molecule has 0 aliphatic heterocycles. The zero-order valence-corrected chi connectivity index (χ0v) is 13.8. The summed E-state index contributed by atoms with van der Waals surface area (Å²) in [7, 11) is 0. The number of anilines is 1. The van der Waals surface area contributed by atoms with Crippen LogP contribution < -0.4 is 10.5 Å². The predicted molar refractivity (Wildman–Crippen MR) is 92.7 cm³/mol. The van der Waals surface area contributed by atoms with Gasteiger partial charge in [0.2, 0.25) is 0 Å². The van der Waals surface area contributed by atoms with Gasteiger partial charge in [0.15, 0.2) is 11.6 Å². The Balaban J connectivity index is 1.94. The van der Waals surface area contributed by atoms with Crippen molar-refractivity contribution in [1.29, 1.82) is 0 Å². The molecule has 0 aliphatic carbocycles. The van der Waals surface area contributed by atoms with Crippen LogP contribution in [0.25, 0.3) is 11.3 Å². The fourth-order valence-electron chi connectivity index (χ4n) is 2.52. The number of halogens is 2. The number of aldehydes is 1. The first-order valence-electron chi connectivity index (χ1n) is 7.77. The third kappa shape index (κ3) is 3.51. The first-order chi connectivity index (χ1) is 12.5. The minimum atomic E-state index is -0.926. The summed E-state index contributed by atoms with van der Waals surface area (Å²) < 4.78 is 33.5. The molecule has 2 aromatic heterocycles. The lowest BCUT2D eigenvalue weighted by molar-refractivity contribution is 0.112. The van der Waals surface area contributed by atoms with Crippen LogP contribution in [0.4, 0.5) is 14.6 Å². The van der Waals surface area contributed by atoms with Gasteiger partial charge in [-0.3, -0.25) is 9.78 Å². The molecule has 0 saturated heterocycles. The van der Waals surface area contributed by atoms with Crippen LogP contribution in [-0.4, -0.2) is 16.3 Å². The number of benzene rings is 1.